The third-order valence-corrected chi connectivity index (χ3v) is 3.17. The SMILES string of the molecule is CCCCc1c(CC(=O)OCC)oc2ccccc12. The maximum absolute atomic E-state index is 11.6. The van der Waals surface area contributed by atoms with Crippen molar-refractivity contribution in [1.82, 2.24) is 0 Å². The molecule has 0 radical (unpaired) electrons. The summed E-state index contributed by atoms with van der Waals surface area (Å²) in [6.07, 6.45) is 3.39. The molecule has 3 heteroatoms. The Bertz CT molecular complexity index is 554. The van der Waals surface area contributed by atoms with E-state index in [-0.39, 0.29) is 12.4 Å². The second-order valence-electron chi connectivity index (χ2n) is 4.59. The maximum atomic E-state index is 11.6. The van der Waals surface area contributed by atoms with Gasteiger partial charge in [-0.3, -0.25) is 4.79 Å². The van der Waals surface area contributed by atoms with Crippen molar-refractivity contribution in [3.05, 3.63) is 35.6 Å². The fourth-order valence-corrected chi connectivity index (χ4v) is 2.26. The van der Waals surface area contributed by atoms with E-state index in [0.717, 1.165) is 41.6 Å². The Balaban J connectivity index is 2.32. The Morgan fingerprint density at radius 1 is 1.26 bits per heavy atom. The summed E-state index contributed by atoms with van der Waals surface area (Å²) >= 11 is 0. The van der Waals surface area contributed by atoms with Gasteiger partial charge < -0.3 is 9.15 Å². The van der Waals surface area contributed by atoms with Gasteiger partial charge >= 0.3 is 5.97 Å². The Kier molecular flexibility index (Phi) is 4.61. The molecule has 0 saturated carbocycles. The molecule has 0 aliphatic rings. The standard InChI is InChI=1S/C16H20O3/c1-3-5-8-13-12-9-6-7-10-14(12)19-15(13)11-16(17)18-4-2/h6-7,9-10H,3-5,8,11H2,1-2H3. The van der Waals surface area contributed by atoms with Crippen LogP contribution in [0.25, 0.3) is 11.0 Å². The van der Waals surface area contributed by atoms with E-state index in [4.69, 9.17) is 9.15 Å². The molecule has 2 aromatic rings. The number of aryl methyl sites for hydroxylation is 1. The van der Waals surface area contributed by atoms with Crippen molar-refractivity contribution in [3.63, 3.8) is 0 Å². The first-order valence-corrected chi connectivity index (χ1v) is 6.91. The number of ether oxygens (including phenoxy) is 1. The van der Waals surface area contributed by atoms with Crippen LogP contribution in [0, 0.1) is 0 Å². The van der Waals surface area contributed by atoms with E-state index < -0.39 is 0 Å². The van der Waals surface area contributed by atoms with Crippen molar-refractivity contribution < 1.29 is 13.9 Å². The third-order valence-electron chi connectivity index (χ3n) is 3.17. The molecule has 0 aliphatic carbocycles. The van der Waals surface area contributed by atoms with E-state index in [1.807, 2.05) is 25.1 Å². The molecule has 1 aromatic heterocycles. The minimum absolute atomic E-state index is 0.223. The number of para-hydroxylation sites is 1. The first-order chi connectivity index (χ1) is 9.26. The largest absolute Gasteiger partial charge is 0.466 e. The minimum atomic E-state index is -0.223. The number of furan rings is 1. The number of benzene rings is 1. The molecular formula is C16H20O3. The summed E-state index contributed by atoms with van der Waals surface area (Å²) in [7, 11) is 0. The van der Waals surface area contributed by atoms with Crippen LogP contribution in [-0.4, -0.2) is 12.6 Å². The Hall–Kier alpha value is -1.77. The van der Waals surface area contributed by atoms with Crippen LogP contribution in [0.3, 0.4) is 0 Å². The summed E-state index contributed by atoms with van der Waals surface area (Å²) < 4.78 is 10.8. The highest BCUT2D eigenvalue weighted by molar-refractivity contribution is 5.84. The second-order valence-corrected chi connectivity index (χ2v) is 4.59. The van der Waals surface area contributed by atoms with Crippen LogP contribution in [0.15, 0.2) is 28.7 Å². The van der Waals surface area contributed by atoms with Crippen LogP contribution < -0.4 is 0 Å². The summed E-state index contributed by atoms with van der Waals surface area (Å²) in [6.45, 7) is 4.38. The van der Waals surface area contributed by atoms with Gasteiger partial charge in [0.05, 0.1) is 6.61 Å². The number of carbonyl (C=O) groups excluding carboxylic acids is 1. The molecule has 0 atom stereocenters. The van der Waals surface area contributed by atoms with Crippen molar-refractivity contribution in [1.29, 1.82) is 0 Å². The van der Waals surface area contributed by atoms with Gasteiger partial charge in [0, 0.05) is 10.9 Å². The van der Waals surface area contributed by atoms with Gasteiger partial charge in [-0.05, 0) is 25.8 Å². The van der Waals surface area contributed by atoms with Gasteiger partial charge in [0.2, 0.25) is 0 Å². The van der Waals surface area contributed by atoms with Crippen molar-refractivity contribution in [2.24, 2.45) is 0 Å². The van der Waals surface area contributed by atoms with Crippen molar-refractivity contribution in [2.75, 3.05) is 6.61 Å². The highest BCUT2D eigenvalue weighted by atomic mass is 16.5. The van der Waals surface area contributed by atoms with Gasteiger partial charge in [-0.25, -0.2) is 0 Å². The molecule has 1 heterocycles. The molecule has 0 spiro atoms. The van der Waals surface area contributed by atoms with Gasteiger partial charge in [0.15, 0.2) is 0 Å². The molecule has 0 saturated heterocycles. The molecule has 102 valence electrons. The monoisotopic (exact) mass is 260 g/mol. The molecule has 0 unspecified atom stereocenters. The van der Waals surface area contributed by atoms with Crippen LogP contribution >= 0.6 is 0 Å². The zero-order chi connectivity index (χ0) is 13.7. The van der Waals surface area contributed by atoms with E-state index in [1.54, 1.807) is 0 Å². The smallest absolute Gasteiger partial charge is 0.313 e. The summed E-state index contributed by atoms with van der Waals surface area (Å²) in [4.78, 5) is 11.6. The lowest BCUT2D eigenvalue weighted by atomic mass is 10.0. The molecular weight excluding hydrogens is 240 g/mol. The average Bonchev–Trinajstić information content (AvgIpc) is 2.74. The van der Waals surface area contributed by atoms with Crippen molar-refractivity contribution >= 4 is 16.9 Å². The van der Waals surface area contributed by atoms with Gasteiger partial charge in [-0.2, -0.15) is 0 Å². The second kappa shape index (κ2) is 6.41. The van der Waals surface area contributed by atoms with Crippen molar-refractivity contribution in [2.45, 2.75) is 39.5 Å². The number of esters is 1. The quantitative estimate of drug-likeness (QED) is 0.740. The summed E-state index contributed by atoms with van der Waals surface area (Å²) in [5, 5.41) is 1.12. The minimum Gasteiger partial charge on any atom is -0.466 e. The lowest BCUT2D eigenvalue weighted by Crippen LogP contribution is -2.08. The Morgan fingerprint density at radius 3 is 2.79 bits per heavy atom. The topological polar surface area (TPSA) is 39.4 Å². The van der Waals surface area contributed by atoms with E-state index in [1.165, 1.54) is 0 Å². The molecule has 2 rings (SSSR count). The number of carbonyl (C=O) groups is 1. The van der Waals surface area contributed by atoms with E-state index >= 15 is 0 Å². The van der Waals surface area contributed by atoms with Crippen LogP contribution in [-0.2, 0) is 22.4 Å². The fraction of sp³-hybridized carbons (Fsp3) is 0.438. The van der Waals surface area contributed by atoms with Crippen LogP contribution in [0.2, 0.25) is 0 Å². The molecule has 3 nitrogen and oxygen atoms in total. The number of hydrogen-bond donors (Lipinski definition) is 0. The Labute approximate surface area is 113 Å². The van der Waals surface area contributed by atoms with Gasteiger partial charge in [0.1, 0.15) is 17.8 Å². The Morgan fingerprint density at radius 2 is 2.05 bits per heavy atom. The average molecular weight is 260 g/mol. The number of fused-ring (bicyclic) bond motifs is 1. The molecule has 0 bridgehead atoms. The summed E-state index contributed by atoms with van der Waals surface area (Å²) in [5.74, 6) is 0.535. The number of unbranched alkanes of at least 4 members (excludes halogenated alkanes) is 1. The first-order valence-electron chi connectivity index (χ1n) is 6.91. The summed E-state index contributed by atoms with van der Waals surface area (Å²) in [5.41, 5.74) is 2.01. The van der Waals surface area contributed by atoms with Crippen LogP contribution in [0.5, 0.6) is 0 Å². The molecule has 0 aliphatic heterocycles. The summed E-state index contributed by atoms with van der Waals surface area (Å²) in [6, 6.07) is 7.95. The normalized spacial score (nSPS) is 10.8. The highest BCUT2D eigenvalue weighted by Crippen LogP contribution is 2.27. The molecule has 19 heavy (non-hydrogen) atoms. The third kappa shape index (κ3) is 3.16. The number of hydrogen-bond acceptors (Lipinski definition) is 3. The van der Waals surface area contributed by atoms with Gasteiger partial charge in [-0.1, -0.05) is 31.5 Å². The first kappa shape index (κ1) is 13.7. The van der Waals surface area contributed by atoms with Crippen LogP contribution in [0.4, 0.5) is 0 Å². The van der Waals surface area contributed by atoms with Gasteiger partial charge in [0.25, 0.3) is 0 Å². The zero-order valence-corrected chi connectivity index (χ0v) is 11.6. The predicted molar refractivity (Wildman–Crippen MR) is 75.2 cm³/mol. The lowest BCUT2D eigenvalue weighted by Gasteiger charge is -2.03. The molecule has 1 aromatic carbocycles. The molecule has 0 amide bonds. The number of rotatable bonds is 6. The lowest BCUT2D eigenvalue weighted by molar-refractivity contribution is -0.142. The van der Waals surface area contributed by atoms with E-state index in [0.29, 0.717) is 6.61 Å². The fourth-order valence-electron chi connectivity index (χ4n) is 2.26. The van der Waals surface area contributed by atoms with Crippen LogP contribution in [0.1, 0.15) is 38.0 Å². The van der Waals surface area contributed by atoms with E-state index in [2.05, 4.69) is 13.0 Å². The molecule has 0 fully saturated rings. The zero-order valence-electron chi connectivity index (χ0n) is 11.6. The van der Waals surface area contributed by atoms with Crippen molar-refractivity contribution in [3.8, 4) is 0 Å². The van der Waals surface area contributed by atoms with Gasteiger partial charge in [-0.15, -0.1) is 0 Å². The van der Waals surface area contributed by atoms with E-state index in [9.17, 15) is 4.79 Å². The highest BCUT2D eigenvalue weighted by Gasteiger charge is 2.16. The predicted octanol–water partition coefficient (Wildman–Crippen LogP) is 3.88. The molecule has 0 N–H and O–H groups in total. The maximum Gasteiger partial charge on any atom is 0.313 e.